The summed E-state index contributed by atoms with van der Waals surface area (Å²) in [5.41, 5.74) is 0. The van der Waals surface area contributed by atoms with Gasteiger partial charge in [0.2, 0.25) is 10.0 Å². The van der Waals surface area contributed by atoms with E-state index in [1.807, 2.05) is 6.92 Å². The number of hydrogen-bond donors (Lipinski definition) is 1. The van der Waals surface area contributed by atoms with Crippen LogP contribution < -0.4 is 4.72 Å². The molecule has 0 saturated carbocycles. The van der Waals surface area contributed by atoms with E-state index in [4.69, 9.17) is 11.6 Å². The molecule has 0 bridgehead atoms. The average molecular weight is 256 g/mol. The summed E-state index contributed by atoms with van der Waals surface area (Å²) in [6.07, 6.45) is 5.59. The zero-order chi connectivity index (χ0) is 11.7. The van der Waals surface area contributed by atoms with Crippen molar-refractivity contribution in [3.63, 3.8) is 0 Å². The minimum Gasteiger partial charge on any atom is -0.212 e. The molecule has 0 aliphatic rings. The summed E-state index contributed by atoms with van der Waals surface area (Å²) < 4.78 is 25.3. The van der Waals surface area contributed by atoms with Crippen LogP contribution in [0.15, 0.2) is 0 Å². The van der Waals surface area contributed by atoms with Crippen molar-refractivity contribution in [3.8, 4) is 0 Å². The molecule has 0 heterocycles. The van der Waals surface area contributed by atoms with Crippen LogP contribution in [0.5, 0.6) is 0 Å². The molecule has 0 fully saturated rings. The van der Waals surface area contributed by atoms with E-state index in [0.29, 0.717) is 0 Å². The Morgan fingerprint density at radius 3 is 2.47 bits per heavy atom. The molecule has 0 aliphatic carbocycles. The molecule has 0 spiro atoms. The lowest BCUT2D eigenvalue weighted by Crippen LogP contribution is -2.34. The molecule has 0 aromatic rings. The second kappa shape index (κ2) is 8.36. The molecule has 0 aromatic carbocycles. The van der Waals surface area contributed by atoms with Crippen LogP contribution in [0, 0.1) is 0 Å². The maximum atomic E-state index is 11.3. The van der Waals surface area contributed by atoms with Gasteiger partial charge in [-0.1, -0.05) is 32.6 Å². The Balaban J connectivity index is 3.68. The second-order valence-electron chi connectivity index (χ2n) is 3.88. The van der Waals surface area contributed by atoms with Gasteiger partial charge in [0.25, 0.3) is 0 Å². The van der Waals surface area contributed by atoms with Gasteiger partial charge in [-0.05, 0) is 13.3 Å². The van der Waals surface area contributed by atoms with Gasteiger partial charge in [0.05, 0.1) is 5.75 Å². The van der Waals surface area contributed by atoms with Gasteiger partial charge >= 0.3 is 0 Å². The minimum atomic E-state index is -3.16. The number of unbranched alkanes of at least 4 members (excludes halogenated alkanes) is 3. The first-order valence-electron chi connectivity index (χ1n) is 5.57. The van der Waals surface area contributed by atoms with E-state index >= 15 is 0 Å². The zero-order valence-electron chi connectivity index (χ0n) is 9.63. The van der Waals surface area contributed by atoms with Crippen molar-refractivity contribution in [2.75, 3.05) is 11.6 Å². The molecule has 15 heavy (non-hydrogen) atoms. The van der Waals surface area contributed by atoms with Gasteiger partial charge in [0, 0.05) is 11.9 Å². The summed E-state index contributed by atoms with van der Waals surface area (Å²) in [5.74, 6) is 0.158. The molecular formula is C10H22ClNO2S. The molecule has 0 amide bonds. The van der Waals surface area contributed by atoms with Crippen molar-refractivity contribution in [3.05, 3.63) is 0 Å². The van der Waals surface area contributed by atoms with Gasteiger partial charge in [-0.2, -0.15) is 0 Å². The number of nitrogens with one attached hydrogen (secondary N) is 1. The first-order chi connectivity index (χ1) is 7.02. The second-order valence-corrected chi connectivity index (χ2v) is 6.13. The molecule has 3 nitrogen and oxygen atoms in total. The molecule has 1 atom stereocenters. The van der Waals surface area contributed by atoms with Gasteiger partial charge < -0.3 is 0 Å². The standard InChI is InChI=1S/C10H22ClNO2S/c1-3-4-5-6-7-10(2)12-15(13,14)9-8-11/h10,12H,3-9H2,1-2H3. The molecule has 1 unspecified atom stereocenters. The molecule has 5 heteroatoms. The van der Waals surface area contributed by atoms with E-state index < -0.39 is 10.0 Å². The lowest BCUT2D eigenvalue weighted by molar-refractivity contribution is 0.522. The molecule has 0 rings (SSSR count). The Labute approximate surface area is 98.6 Å². The van der Waals surface area contributed by atoms with Crippen LogP contribution in [-0.2, 0) is 10.0 Å². The number of hydrogen-bond acceptors (Lipinski definition) is 2. The van der Waals surface area contributed by atoms with E-state index in [2.05, 4.69) is 11.6 Å². The van der Waals surface area contributed by atoms with Crippen molar-refractivity contribution < 1.29 is 8.42 Å². The van der Waals surface area contributed by atoms with E-state index in [0.717, 1.165) is 12.8 Å². The summed E-state index contributed by atoms with van der Waals surface area (Å²) >= 11 is 5.40. The van der Waals surface area contributed by atoms with Gasteiger partial charge in [-0.25, -0.2) is 13.1 Å². The fourth-order valence-electron chi connectivity index (χ4n) is 1.40. The molecule has 0 aliphatic heterocycles. The quantitative estimate of drug-likeness (QED) is 0.508. The molecular weight excluding hydrogens is 234 g/mol. The first-order valence-corrected chi connectivity index (χ1v) is 7.76. The van der Waals surface area contributed by atoms with E-state index in [1.54, 1.807) is 0 Å². The number of rotatable bonds is 9. The number of alkyl halides is 1. The van der Waals surface area contributed by atoms with Gasteiger partial charge in [-0.15, -0.1) is 11.6 Å². The van der Waals surface area contributed by atoms with Gasteiger partial charge in [0.1, 0.15) is 0 Å². The zero-order valence-corrected chi connectivity index (χ0v) is 11.2. The van der Waals surface area contributed by atoms with Gasteiger partial charge in [0.15, 0.2) is 0 Å². The minimum absolute atomic E-state index is 0.00779. The SMILES string of the molecule is CCCCCCC(C)NS(=O)(=O)CCCl. The van der Waals surface area contributed by atoms with Crippen molar-refractivity contribution >= 4 is 21.6 Å². The molecule has 1 N–H and O–H groups in total. The fourth-order valence-corrected chi connectivity index (χ4v) is 3.06. The molecule has 0 aromatic heterocycles. The topological polar surface area (TPSA) is 46.2 Å². The Kier molecular flexibility index (Phi) is 8.47. The van der Waals surface area contributed by atoms with Gasteiger partial charge in [-0.3, -0.25) is 0 Å². The smallest absolute Gasteiger partial charge is 0.212 e. The van der Waals surface area contributed by atoms with E-state index in [9.17, 15) is 8.42 Å². The third-order valence-electron chi connectivity index (χ3n) is 2.22. The monoisotopic (exact) mass is 255 g/mol. The largest absolute Gasteiger partial charge is 0.213 e. The summed E-state index contributed by atoms with van der Waals surface area (Å²) in [5, 5.41) is 0. The maximum Gasteiger partial charge on any atom is 0.213 e. The maximum absolute atomic E-state index is 11.3. The summed E-state index contributed by atoms with van der Waals surface area (Å²) in [4.78, 5) is 0. The van der Waals surface area contributed by atoms with Crippen molar-refractivity contribution in [2.24, 2.45) is 0 Å². The Bertz CT molecular complexity index is 242. The van der Waals surface area contributed by atoms with Crippen LogP contribution >= 0.6 is 11.6 Å². The molecule has 92 valence electrons. The Morgan fingerprint density at radius 1 is 1.27 bits per heavy atom. The van der Waals surface area contributed by atoms with Crippen molar-refractivity contribution in [2.45, 2.75) is 52.0 Å². The Morgan fingerprint density at radius 2 is 1.93 bits per heavy atom. The average Bonchev–Trinajstić information content (AvgIpc) is 2.11. The lowest BCUT2D eigenvalue weighted by atomic mass is 10.1. The van der Waals surface area contributed by atoms with Crippen LogP contribution in [0.4, 0.5) is 0 Å². The Hall–Kier alpha value is 0.200. The van der Waals surface area contributed by atoms with E-state index in [1.165, 1.54) is 19.3 Å². The summed E-state index contributed by atoms with van der Waals surface area (Å²) in [6, 6.07) is 0.0232. The number of halogens is 1. The number of sulfonamides is 1. The van der Waals surface area contributed by atoms with Crippen LogP contribution in [0.3, 0.4) is 0 Å². The highest BCUT2D eigenvalue weighted by Crippen LogP contribution is 2.06. The van der Waals surface area contributed by atoms with Crippen LogP contribution in [0.25, 0.3) is 0 Å². The van der Waals surface area contributed by atoms with E-state index in [-0.39, 0.29) is 17.7 Å². The predicted octanol–water partition coefficient (Wildman–Crippen LogP) is 2.50. The first kappa shape index (κ1) is 15.2. The van der Waals surface area contributed by atoms with Crippen molar-refractivity contribution in [1.29, 1.82) is 0 Å². The third kappa shape index (κ3) is 9.15. The highest BCUT2D eigenvalue weighted by atomic mass is 35.5. The van der Waals surface area contributed by atoms with Crippen LogP contribution in [0.1, 0.15) is 46.0 Å². The van der Waals surface area contributed by atoms with Crippen molar-refractivity contribution in [1.82, 2.24) is 4.72 Å². The summed E-state index contributed by atoms with van der Waals surface area (Å²) in [7, 11) is -3.16. The van der Waals surface area contributed by atoms with Crippen LogP contribution in [0.2, 0.25) is 0 Å². The molecule has 0 saturated heterocycles. The predicted molar refractivity (Wildman–Crippen MR) is 65.9 cm³/mol. The normalized spacial score (nSPS) is 14.1. The molecule has 0 radical (unpaired) electrons. The van der Waals surface area contributed by atoms with Crippen LogP contribution in [-0.4, -0.2) is 26.1 Å². The highest BCUT2D eigenvalue weighted by molar-refractivity contribution is 7.89. The third-order valence-corrected chi connectivity index (χ3v) is 4.13. The summed E-state index contributed by atoms with van der Waals surface area (Å²) in [6.45, 7) is 4.06. The highest BCUT2D eigenvalue weighted by Gasteiger charge is 2.12. The lowest BCUT2D eigenvalue weighted by Gasteiger charge is -2.13. The fraction of sp³-hybridized carbons (Fsp3) is 1.00.